The van der Waals surface area contributed by atoms with E-state index in [0.29, 0.717) is 17.8 Å². The van der Waals surface area contributed by atoms with E-state index in [1.165, 1.54) is 169 Å². The van der Waals surface area contributed by atoms with Gasteiger partial charge in [-0.2, -0.15) is 0 Å². The van der Waals surface area contributed by atoms with E-state index in [9.17, 15) is 0 Å². The minimum Gasteiger partial charge on any atom is -0.309 e. The number of fused-ring (bicyclic) bond motifs is 4. The van der Waals surface area contributed by atoms with E-state index in [1.54, 1.807) is 5.56 Å². The molecule has 1 nitrogen and oxygen atoms in total. The summed E-state index contributed by atoms with van der Waals surface area (Å²) in [4.78, 5) is 2.68. The summed E-state index contributed by atoms with van der Waals surface area (Å²) in [6, 6.07) is 48.0. The van der Waals surface area contributed by atoms with Gasteiger partial charge in [-0.3, -0.25) is 0 Å². The highest BCUT2D eigenvalue weighted by atomic mass is 15.1. The summed E-state index contributed by atoms with van der Waals surface area (Å²) in [6.45, 7) is 4.95. The van der Waals surface area contributed by atoms with Crippen molar-refractivity contribution in [1.29, 1.82) is 0 Å². The lowest BCUT2D eigenvalue weighted by atomic mass is 9.78. The molecule has 0 aliphatic heterocycles. The zero-order valence-electron chi connectivity index (χ0n) is 33.8. The fraction of sp³-hybridized carbons (Fsp3) is 0.382. The van der Waals surface area contributed by atoms with Gasteiger partial charge in [-0.25, -0.2) is 0 Å². The van der Waals surface area contributed by atoms with Gasteiger partial charge >= 0.3 is 0 Å². The second-order valence-corrected chi connectivity index (χ2v) is 18.4. The average molecular weight is 734 g/mol. The number of anilines is 3. The Morgan fingerprint density at radius 2 is 1.04 bits per heavy atom. The van der Waals surface area contributed by atoms with Crippen molar-refractivity contribution < 1.29 is 0 Å². The first-order chi connectivity index (χ1) is 27.5. The van der Waals surface area contributed by atoms with Gasteiger partial charge in [-0.15, -0.1) is 0 Å². The Kier molecular flexibility index (Phi) is 9.61. The molecule has 56 heavy (non-hydrogen) atoms. The standard InChI is InChI=1S/C55H59N/c1-55(2)51-36-44(39-18-8-4-9-19-39)31-34-49(51)50-35-32-45(37-52(50)55)56(54-47-24-13-12-22-42(47)30-33-48(54)41-20-10-5-11-21-41)53-25-15-14-23-46(53)43-28-26-40(27-29-43)38-16-6-3-7-17-38/h12-15,22-39,41H,3-11,16-21H2,1-2H3. The highest BCUT2D eigenvalue weighted by Gasteiger charge is 2.37. The Balaban J connectivity index is 1.15. The van der Waals surface area contributed by atoms with Gasteiger partial charge in [0.25, 0.3) is 0 Å². The number of hydrogen-bond donors (Lipinski definition) is 0. The van der Waals surface area contributed by atoms with Gasteiger partial charge in [0.2, 0.25) is 0 Å². The van der Waals surface area contributed by atoms with E-state index < -0.39 is 0 Å². The smallest absolute Gasteiger partial charge is 0.0575 e. The summed E-state index contributed by atoms with van der Waals surface area (Å²) < 4.78 is 0. The normalized spacial score (nSPS) is 18.8. The molecule has 0 bridgehead atoms. The lowest BCUT2D eigenvalue weighted by molar-refractivity contribution is 0.443. The summed E-state index contributed by atoms with van der Waals surface area (Å²) in [5, 5.41) is 2.66. The predicted molar refractivity (Wildman–Crippen MR) is 239 cm³/mol. The Morgan fingerprint density at radius 3 is 1.75 bits per heavy atom. The first-order valence-corrected chi connectivity index (χ1v) is 22.3. The van der Waals surface area contributed by atoms with Crippen LogP contribution in [0.5, 0.6) is 0 Å². The van der Waals surface area contributed by atoms with Crippen LogP contribution in [0, 0.1) is 0 Å². The van der Waals surface area contributed by atoms with Gasteiger partial charge in [-0.1, -0.05) is 175 Å². The van der Waals surface area contributed by atoms with Crippen LogP contribution in [0.2, 0.25) is 0 Å². The highest BCUT2D eigenvalue weighted by molar-refractivity contribution is 6.03. The summed E-state index contributed by atoms with van der Waals surface area (Å²) in [5.74, 6) is 1.97. The minimum absolute atomic E-state index is 0.0869. The van der Waals surface area contributed by atoms with Crippen LogP contribution in [0.4, 0.5) is 17.1 Å². The molecule has 0 heterocycles. The van der Waals surface area contributed by atoms with Crippen molar-refractivity contribution in [2.75, 3.05) is 4.90 Å². The maximum Gasteiger partial charge on any atom is 0.0575 e. The monoisotopic (exact) mass is 733 g/mol. The molecule has 0 radical (unpaired) electrons. The maximum absolute atomic E-state index is 2.68. The molecule has 0 aromatic heterocycles. The molecule has 0 unspecified atom stereocenters. The van der Waals surface area contributed by atoms with Crippen molar-refractivity contribution >= 4 is 27.8 Å². The third-order valence-corrected chi connectivity index (χ3v) is 14.7. The third kappa shape index (κ3) is 6.40. The maximum atomic E-state index is 2.68. The number of nitrogens with zero attached hydrogens (tertiary/aromatic N) is 1. The molecule has 1 heteroatoms. The molecular formula is C55H59N. The van der Waals surface area contributed by atoms with Crippen LogP contribution >= 0.6 is 0 Å². The van der Waals surface area contributed by atoms with Crippen molar-refractivity contribution in [2.24, 2.45) is 0 Å². The number of benzene rings is 6. The molecule has 6 aromatic carbocycles. The predicted octanol–water partition coefficient (Wildman–Crippen LogP) is 16.4. The summed E-state index contributed by atoms with van der Waals surface area (Å²) in [7, 11) is 0. The summed E-state index contributed by atoms with van der Waals surface area (Å²) >= 11 is 0. The van der Waals surface area contributed by atoms with Crippen LogP contribution in [0.15, 0.2) is 121 Å². The molecule has 3 saturated carbocycles. The second kappa shape index (κ2) is 15.0. The average Bonchev–Trinajstić information content (AvgIpc) is 3.49. The quantitative estimate of drug-likeness (QED) is 0.158. The molecule has 0 amide bonds. The molecular weight excluding hydrogens is 675 g/mol. The molecule has 4 aliphatic rings. The molecule has 0 atom stereocenters. The van der Waals surface area contributed by atoms with Gasteiger partial charge in [-0.05, 0) is 124 Å². The fourth-order valence-electron chi connectivity index (χ4n) is 11.5. The van der Waals surface area contributed by atoms with Crippen molar-refractivity contribution in [2.45, 2.75) is 133 Å². The van der Waals surface area contributed by atoms with Crippen LogP contribution in [-0.4, -0.2) is 0 Å². The van der Waals surface area contributed by atoms with Gasteiger partial charge in [0, 0.05) is 22.1 Å². The zero-order chi connectivity index (χ0) is 37.6. The van der Waals surface area contributed by atoms with E-state index in [2.05, 4.69) is 140 Å². The molecule has 10 rings (SSSR count). The second-order valence-electron chi connectivity index (χ2n) is 18.4. The van der Waals surface area contributed by atoms with Crippen LogP contribution in [0.25, 0.3) is 33.0 Å². The van der Waals surface area contributed by atoms with Gasteiger partial charge < -0.3 is 4.90 Å². The number of para-hydroxylation sites is 1. The fourth-order valence-corrected chi connectivity index (χ4v) is 11.5. The lowest BCUT2D eigenvalue weighted by Crippen LogP contribution is -2.19. The molecule has 3 fully saturated rings. The van der Waals surface area contributed by atoms with Crippen molar-refractivity contribution in [1.82, 2.24) is 0 Å². The van der Waals surface area contributed by atoms with Crippen LogP contribution in [-0.2, 0) is 5.41 Å². The molecule has 0 spiro atoms. The van der Waals surface area contributed by atoms with E-state index >= 15 is 0 Å². The number of rotatable bonds is 7. The topological polar surface area (TPSA) is 3.24 Å². The first-order valence-electron chi connectivity index (χ1n) is 22.3. The van der Waals surface area contributed by atoms with E-state index in [0.717, 1.165) is 0 Å². The Bertz CT molecular complexity index is 2340. The highest BCUT2D eigenvalue weighted by Crippen LogP contribution is 2.54. The van der Waals surface area contributed by atoms with Gasteiger partial charge in [0.15, 0.2) is 0 Å². The van der Waals surface area contributed by atoms with E-state index in [1.807, 2.05) is 0 Å². The lowest BCUT2D eigenvalue weighted by Gasteiger charge is -2.34. The van der Waals surface area contributed by atoms with Crippen LogP contribution in [0.1, 0.15) is 156 Å². The van der Waals surface area contributed by atoms with Crippen molar-refractivity contribution in [3.63, 3.8) is 0 Å². The molecule has 4 aliphatic carbocycles. The number of hydrogen-bond acceptors (Lipinski definition) is 1. The van der Waals surface area contributed by atoms with Crippen molar-refractivity contribution in [3.8, 4) is 22.3 Å². The SMILES string of the molecule is CC1(C)c2cc(C3CCCCC3)ccc2-c2ccc(N(c3ccccc3-c3ccc(C4CCCCC4)cc3)c3c(C4CCCCC4)ccc4ccccc34)cc21. The van der Waals surface area contributed by atoms with Gasteiger partial charge in [0.05, 0.1) is 11.4 Å². The molecule has 284 valence electrons. The van der Waals surface area contributed by atoms with Gasteiger partial charge in [0.1, 0.15) is 0 Å². The summed E-state index contributed by atoms with van der Waals surface area (Å²) in [6.07, 6.45) is 20.1. The third-order valence-electron chi connectivity index (χ3n) is 14.7. The molecule has 0 saturated heterocycles. The summed E-state index contributed by atoms with van der Waals surface area (Å²) in [5.41, 5.74) is 16.8. The van der Waals surface area contributed by atoms with E-state index in [-0.39, 0.29) is 5.41 Å². The molecule has 0 N–H and O–H groups in total. The molecule has 6 aromatic rings. The Hall–Kier alpha value is -4.62. The van der Waals surface area contributed by atoms with Crippen LogP contribution < -0.4 is 4.90 Å². The Labute approximate surface area is 336 Å². The van der Waals surface area contributed by atoms with E-state index in [4.69, 9.17) is 0 Å². The largest absolute Gasteiger partial charge is 0.309 e. The zero-order valence-corrected chi connectivity index (χ0v) is 33.8. The minimum atomic E-state index is -0.0869. The van der Waals surface area contributed by atoms with Crippen molar-refractivity contribution in [3.05, 3.63) is 149 Å². The first kappa shape index (κ1) is 35.8. The van der Waals surface area contributed by atoms with Crippen LogP contribution in [0.3, 0.4) is 0 Å². The Morgan fingerprint density at radius 1 is 0.464 bits per heavy atom.